The van der Waals surface area contributed by atoms with Gasteiger partial charge < -0.3 is 4.98 Å². The van der Waals surface area contributed by atoms with Crippen molar-refractivity contribution in [1.29, 1.82) is 0 Å². The molecule has 3 aromatic rings. The van der Waals surface area contributed by atoms with Gasteiger partial charge in [0.25, 0.3) is 0 Å². The molecule has 0 atom stereocenters. The van der Waals surface area contributed by atoms with Crippen LogP contribution in [0.1, 0.15) is 32.6 Å². The molecule has 3 rings (SSSR count). The van der Waals surface area contributed by atoms with E-state index in [1.165, 1.54) is 22.3 Å². The van der Waals surface area contributed by atoms with Gasteiger partial charge in [-0.05, 0) is 51.0 Å². The molecule has 0 aliphatic heterocycles. The van der Waals surface area contributed by atoms with Crippen molar-refractivity contribution in [3.05, 3.63) is 58.1 Å². The second kappa shape index (κ2) is 4.88. The van der Waals surface area contributed by atoms with E-state index in [4.69, 9.17) is 0 Å². The zero-order valence-corrected chi connectivity index (χ0v) is 12.9. The predicted molar refractivity (Wildman–Crippen MR) is 88.1 cm³/mol. The van der Waals surface area contributed by atoms with Crippen LogP contribution in [0.3, 0.4) is 0 Å². The number of benzene rings is 2. The molecule has 106 valence electrons. The fraction of sp³-hybridized carbons (Fsp3) is 0.211. The van der Waals surface area contributed by atoms with E-state index in [0.29, 0.717) is 0 Å². The molecule has 1 aromatic heterocycles. The smallest absolute Gasteiger partial charge is 0.152 e. The lowest BCUT2D eigenvalue weighted by atomic mass is 9.99. The van der Waals surface area contributed by atoms with Gasteiger partial charge in [0, 0.05) is 22.0 Å². The van der Waals surface area contributed by atoms with E-state index < -0.39 is 0 Å². The van der Waals surface area contributed by atoms with Crippen LogP contribution in [-0.4, -0.2) is 11.3 Å². The summed E-state index contributed by atoms with van der Waals surface area (Å²) < 4.78 is 0. The normalized spacial score (nSPS) is 11.0. The molecular formula is C19H19NO. The van der Waals surface area contributed by atoms with Crippen molar-refractivity contribution in [2.75, 3.05) is 0 Å². The number of hydrogen-bond acceptors (Lipinski definition) is 1. The van der Waals surface area contributed by atoms with E-state index >= 15 is 0 Å². The minimum absolute atomic E-state index is 0.755. The lowest BCUT2D eigenvalue weighted by Crippen LogP contribution is -1.89. The Morgan fingerprint density at radius 3 is 2.38 bits per heavy atom. The van der Waals surface area contributed by atoms with Crippen LogP contribution in [0.2, 0.25) is 0 Å². The van der Waals surface area contributed by atoms with Gasteiger partial charge in [-0.25, -0.2) is 0 Å². The zero-order chi connectivity index (χ0) is 15.1. The number of nitrogens with one attached hydrogen (secondary N) is 1. The second-order valence-corrected chi connectivity index (χ2v) is 5.85. The Balaban J connectivity index is 2.40. The van der Waals surface area contributed by atoms with E-state index in [2.05, 4.69) is 63.0 Å². The number of rotatable bonds is 2. The van der Waals surface area contributed by atoms with Crippen molar-refractivity contribution in [2.24, 2.45) is 0 Å². The molecular weight excluding hydrogens is 258 g/mol. The third-order valence-electron chi connectivity index (χ3n) is 4.07. The van der Waals surface area contributed by atoms with Gasteiger partial charge in [0.2, 0.25) is 0 Å². The van der Waals surface area contributed by atoms with Gasteiger partial charge in [0.05, 0.1) is 5.69 Å². The summed E-state index contributed by atoms with van der Waals surface area (Å²) in [5.41, 5.74) is 8.55. The molecule has 2 nitrogen and oxygen atoms in total. The van der Waals surface area contributed by atoms with Crippen molar-refractivity contribution in [3.63, 3.8) is 0 Å². The first-order valence-electron chi connectivity index (χ1n) is 7.17. The second-order valence-electron chi connectivity index (χ2n) is 5.85. The summed E-state index contributed by atoms with van der Waals surface area (Å²) in [5, 5.41) is 1.01. The maximum absolute atomic E-state index is 11.7. The summed E-state index contributed by atoms with van der Waals surface area (Å²) >= 11 is 0. The number of aldehydes is 1. The summed E-state index contributed by atoms with van der Waals surface area (Å²) in [6.45, 7) is 8.29. The monoisotopic (exact) mass is 277 g/mol. The average Bonchev–Trinajstić information content (AvgIpc) is 2.80. The van der Waals surface area contributed by atoms with Crippen LogP contribution in [0.15, 0.2) is 30.3 Å². The lowest BCUT2D eigenvalue weighted by Gasteiger charge is -2.06. The Kier molecular flexibility index (Phi) is 3.17. The third-order valence-corrected chi connectivity index (χ3v) is 4.07. The van der Waals surface area contributed by atoms with Gasteiger partial charge in [-0.1, -0.05) is 29.3 Å². The fourth-order valence-electron chi connectivity index (χ4n) is 3.01. The van der Waals surface area contributed by atoms with Crippen LogP contribution in [0.5, 0.6) is 0 Å². The molecule has 0 saturated carbocycles. The Hall–Kier alpha value is -2.35. The van der Waals surface area contributed by atoms with Crippen LogP contribution < -0.4 is 0 Å². The Morgan fingerprint density at radius 2 is 1.67 bits per heavy atom. The average molecular weight is 277 g/mol. The first kappa shape index (κ1) is 13.6. The molecule has 21 heavy (non-hydrogen) atoms. The van der Waals surface area contributed by atoms with E-state index in [9.17, 15) is 4.79 Å². The number of carbonyl (C=O) groups is 1. The molecule has 0 bridgehead atoms. The number of aromatic amines is 1. The fourth-order valence-corrected chi connectivity index (χ4v) is 3.01. The highest BCUT2D eigenvalue weighted by Crippen LogP contribution is 2.33. The molecule has 0 fully saturated rings. The summed E-state index contributed by atoms with van der Waals surface area (Å²) in [4.78, 5) is 15.1. The van der Waals surface area contributed by atoms with Crippen molar-refractivity contribution in [1.82, 2.24) is 4.98 Å². The van der Waals surface area contributed by atoms with Gasteiger partial charge in [0.15, 0.2) is 6.29 Å². The minimum atomic E-state index is 0.755. The minimum Gasteiger partial charge on any atom is -0.354 e. The SMILES string of the molecule is Cc1ccc(C)c(-c2[nH]c3c(C)cc(C)cc3c2C=O)c1. The highest BCUT2D eigenvalue weighted by atomic mass is 16.1. The van der Waals surface area contributed by atoms with Crippen molar-refractivity contribution in [2.45, 2.75) is 27.7 Å². The summed E-state index contributed by atoms with van der Waals surface area (Å²) in [7, 11) is 0. The first-order chi connectivity index (χ1) is 10.0. The maximum Gasteiger partial charge on any atom is 0.152 e. The molecule has 0 unspecified atom stereocenters. The van der Waals surface area contributed by atoms with E-state index in [-0.39, 0.29) is 0 Å². The Labute approximate surface area is 124 Å². The standard InChI is InChI=1S/C19H19NO/c1-11-5-6-13(3)15(8-11)19-17(10-21)16-9-12(2)7-14(4)18(16)20-19/h5-10,20H,1-4H3. The van der Waals surface area contributed by atoms with E-state index in [1.807, 2.05) is 0 Å². The molecule has 0 aliphatic rings. The number of aromatic nitrogens is 1. The van der Waals surface area contributed by atoms with Gasteiger partial charge >= 0.3 is 0 Å². The molecule has 0 aliphatic carbocycles. The summed E-state index contributed by atoms with van der Waals surface area (Å²) in [6.07, 6.45) is 0.967. The molecule has 2 heteroatoms. The van der Waals surface area contributed by atoms with Gasteiger partial charge in [0.1, 0.15) is 0 Å². The largest absolute Gasteiger partial charge is 0.354 e. The van der Waals surface area contributed by atoms with Crippen LogP contribution in [0.4, 0.5) is 0 Å². The van der Waals surface area contributed by atoms with Gasteiger partial charge in [-0.3, -0.25) is 4.79 Å². The highest BCUT2D eigenvalue weighted by molar-refractivity contribution is 6.05. The number of carbonyl (C=O) groups excluding carboxylic acids is 1. The van der Waals surface area contributed by atoms with Crippen molar-refractivity contribution < 1.29 is 4.79 Å². The molecule has 2 aromatic carbocycles. The number of hydrogen-bond donors (Lipinski definition) is 1. The Morgan fingerprint density at radius 1 is 0.905 bits per heavy atom. The van der Waals surface area contributed by atoms with Crippen LogP contribution >= 0.6 is 0 Å². The topological polar surface area (TPSA) is 32.9 Å². The number of H-pyrrole nitrogens is 1. The molecule has 0 spiro atoms. The Bertz CT molecular complexity index is 856. The number of fused-ring (bicyclic) bond motifs is 1. The van der Waals surface area contributed by atoms with Crippen molar-refractivity contribution in [3.8, 4) is 11.3 Å². The number of aryl methyl sites for hydroxylation is 4. The third kappa shape index (κ3) is 2.17. The first-order valence-corrected chi connectivity index (χ1v) is 7.17. The highest BCUT2D eigenvalue weighted by Gasteiger charge is 2.15. The molecule has 0 amide bonds. The maximum atomic E-state index is 11.7. The van der Waals surface area contributed by atoms with Crippen LogP contribution in [-0.2, 0) is 0 Å². The molecule has 1 heterocycles. The van der Waals surface area contributed by atoms with Crippen LogP contribution in [0, 0.1) is 27.7 Å². The van der Waals surface area contributed by atoms with Crippen LogP contribution in [0.25, 0.3) is 22.2 Å². The molecule has 0 radical (unpaired) electrons. The van der Waals surface area contributed by atoms with Gasteiger partial charge in [-0.2, -0.15) is 0 Å². The van der Waals surface area contributed by atoms with Gasteiger partial charge in [-0.15, -0.1) is 0 Å². The zero-order valence-electron chi connectivity index (χ0n) is 12.9. The van der Waals surface area contributed by atoms with E-state index in [1.54, 1.807) is 0 Å². The summed E-state index contributed by atoms with van der Waals surface area (Å²) in [6, 6.07) is 10.5. The predicted octanol–water partition coefficient (Wildman–Crippen LogP) is 4.88. The molecule has 0 saturated heterocycles. The lowest BCUT2D eigenvalue weighted by molar-refractivity contribution is 0.112. The molecule has 1 N–H and O–H groups in total. The quantitative estimate of drug-likeness (QED) is 0.665. The van der Waals surface area contributed by atoms with Crippen molar-refractivity contribution >= 4 is 17.2 Å². The summed E-state index contributed by atoms with van der Waals surface area (Å²) in [5.74, 6) is 0. The van der Waals surface area contributed by atoms with E-state index in [0.717, 1.165) is 34.0 Å².